The number of hydrogen-bond donors (Lipinski definition) is 1. The molecule has 30 heavy (non-hydrogen) atoms. The minimum Gasteiger partial charge on any atom is -0.311 e. The lowest BCUT2D eigenvalue weighted by Gasteiger charge is -2.11. The first-order chi connectivity index (χ1) is 14.0. The molecule has 2 heterocycles. The molecule has 0 saturated carbocycles. The van der Waals surface area contributed by atoms with Crippen LogP contribution in [-0.2, 0) is 20.4 Å². The number of hydrogen-bond acceptors (Lipinski definition) is 5. The molecule has 0 radical (unpaired) electrons. The maximum atomic E-state index is 14.0. The van der Waals surface area contributed by atoms with Gasteiger partial charge in [0.15, 0.2) is 9.84 Å². The molecule has 156 valence electrons. The topological polar surface area (TPSA) is 89.0 Å². The minimum atomic E-state index is -4.07. The molecular weight excluding hydrogens is 412 g/mol. The Bertz CT molecular complexity index is 1240. The van der Waals surface area contributed by atoms with Crippen molar-refractivity contribution in [3.05, 3.63) is 71.2 Å². The summed E-state index contributed by atoms with van der Waals surface area (Å²) in [5.74, 6) is -2.39. The van der Waals surface area contributed by atoms with E-state index in [2.05, 4.69) is 15.3 Å². The second kappa shape index (κ2) is 8.27. The molecule has 0 aliphatic carbocycles. The Balaban J connectivity index is 2.00. The van der Waals surface area contributed by atoms with Crippen LogP contribution in [0, 0.1) is 25.5 Å². The predicted octanol–water partition coefficient (Wildman–Crippen LogP) is 3.97. The van der Waals surface area contributed by atoms with Crippen LogP contribution in [0.25, 0.3) is 11.1 Å². The Hall–Kier alpha value is -3.20. The Kier molecular flexibility index (Phi) is 5.93. The van der Waals surface area contributed by atoms with Crippen LogP contribution in [0.1, 0.15) is 23.9 Å². The van der Waals surface area contributed by atoms with Crippen molar-refractivity contribution in [1.29, 1.82) is 0 Å². The molecule has 0 unspecified atom stereocenters. The van der Waals surface area contributed by atoms with Crippen molar-refractivity contribution in [2.75, 3.05) is 5.32 Å². The van der Waals surface area contributed by atoms with E-state index < -0.39 is 32.1 Å². The normalized spacial score (nSPS) is 11.4. The molecule has 0 bridgehead atoms. The second-order valence-electron chi connectivity index (χ2n) is 6.87. The van der Waals surface area contributed by atoms with Gasteiger partial charge in [0.1, 0.15) is 22.3 Å². The molecule has 2 aromatic heterocycles. The molecule has 0 spiro atoms. The van der Waals surface area contributed by atoms with Gasteiger partial charge in [0.25, 0.3) is 0 Å². The van der Waals surface area contributed by atoms with E-state index in [1.54, 1.807) is 38.2 Å². The van der Waals surface area contributed by atoms with Crippen LogP contribution in [0.4, 0.5) is 14.6 Å². The number of amides is 1. The van der Waals surface area contributed by atoms with Crippen molar-refractivity contribution < 1.29 is 22.0 Å². The van der Waals surface area contributed by atoms with Gasteiger partial charge in [-0.3, -0.25) is 9.78 Å². The van der Waals surface area contributed by atoms with Crippen LogP contribution in [0.2, 0.25) is 0 Å². The summed E-state index contributed by atoms with van der Waals surface area (Å²) in [5.41, 5.74) is 2.80. The lowest BCUT2D eigenvalue weighted by molar-refractivity contribution is -0.114. The number of pyridine rings is 2. The van der Waals surface area contributed by atoms with Crippen molar-refractivity contribution >= 4 is 21.6 Å². The molecule has 3 rings (SSSR count). The third kappa shape index (κ3) is 4.85. The number of nitrogens with zero attached hydrogens (tertiary/aromatic N) is 2. The molecule has 0 fully saturated rings. The van der Waals surface area contributed by atoms with Crippen LogP contribution < -0.4 is 5.32 Å². The molecule has 1 N–H and O–H groups in total. The third-order valence-electron chi connectivity index (χ3n) is 4.36. The van der Waals surface area contributed by atoms with Crippen LogP contribution >= 0.6 is 0 Å². The Morgan fingerprint density at radius 1 is 1.07 bits per heavy atom. The summed E-state index contributed by atoms with van der Waals surface area (Å²) >= 11 is 0. The van der Waals surface area contributed by atoms with Gasteiger partial charge in [-0.25, -0.2) is 22.2 Å². The average Bonchev–Trinajstić information content (AvgIpc) is 2.62. The number of sulfone groups is 1. The highest BCUT2D eigenvalue weighted by molar-refractivity contribution is 7.90. The molecule has 1 aromatic carbocycles. The fourth-order valence-electron chi connectivity index (χ4n) is 2.97. The van der Waals surface area contributed by atoms with Gasteiger partial charge in [-0.15, -0.1) is 0 Å². The molecule has 9 heteroatoms. The number of benzene rings is 1. The zero-order valence-electron chi connectivity index (χ0n) is 16.5. The van der Waals surface area contributed by atoms with Gasteiger partial charge in [-0.1, -0.05) is 0 Å². The number of rotatable bonds is 5. The van der Waals surface area contributed by atoms with Crippen molar-refractivity contribution in [3.63, 3.8) is 0 Å². The number of anilines is 1. The predicted molar refractivity (Wildman–Crippen MR) is 108 cm³/mol. The average molecular weight is 431 g/mol. The maximum absolute atomic E-state index is 14.0. The summed E-state index contributed by atoms with van der Waals surface area (Å²) in [6.45, 7) is 4.78. The summed E-state index contributed by atoms with van der Waals surface area (Å²) < 4.78 is 52.6. The van der Waals surface area contributed by atoms with Gasteiger partial charge >= 0.3 is 0 Å². The number of carbonyl (C=O) groups is 1. The van der Waals surface area contributed by atoms with Crippen molar-refractivity contribution in [2.24, 2.45) is 0 Å². The van der Waals surface area contributed by atoms with E-state index in [4.69, 9.17) is 0 Å². The van der Waals surface area contributed by atoms with Gasteiger partial charge in [0, 0.05) is 36.1 Å². The van der Waals surface area contributed by atoms with Crippen LogP contribution in [-0.4, -0.2) is 24.3 Å². The van der Waals surface area contributed by atoms with Crippen molar-refractivity contribution in [2.45, 2.75) is 31.4 Å². The number of carbonyl (C=O) groups excluding carboxylic acids is 1. The first kappa shape index (κ1) is 21.5. The minimum absolute atomic E-state index is 0.269. The number of aryl methyl sites for hydroxylation is 2. The Labute approximate surface area is 172 Å². The highest BCUT2D eigenvalue weighted by Crippen LogP contribution is 2.27. The second-order valence-corrected chi connectivity index (χ2v) is 8.82. The lowest BCUT2D eigenvalue weighted by Crippen LogP contribution is -2.10. The molecule has 0 aliphatic heterocycles. The van der Waals surface area contributed by atoms with Crippen molar-refractivity contribution in [1.82, 2.24) is 9.97 Å². The zero-order valence-corrected chi connectivity index (χ0v) is 17.3. The third-order valence-corrected chi connectivity index (χ3v) is 6.05. The molecule has 6 nitrogen and oxygen atoms in total. The summed E-state index contributed by atoms with van der Waals surface area (Å²) in [6.07, 6.45) is 1.58. The highest BCUT2D eigenvalue weighted by Gasteiger charge is 2.22. The van der Waals surface area contributed by atoms with Crippen LogP contribution in [0.15, 0.2) is 47.5 Å². The lowest BCUT2D eigenvalue weighted by atomic mass is 10.0. The van der Waals surface area contributed by atoms with E-state index in [-0.39, 0.29) is 5.91 Å². The molecule has 1 amide bonds. The standard InChI is InChI=1S/C21H19F2N3O3S/c1-12-6-15(8-21(25-12)26-14(3)27)16-7-17(13(2)24-10-16)11-30(28,29)20-5-4-18(22)9-19(20)23/h4-10H,11H2,1-3H3,(H,25,26,27). The van der Waals surface area contributed by atoms with Crippen LogP contribution in [0.3, 0.4) is 0 Å². The van der Waals surface area contributed by atoms with Gasteiger partial charge in [0.2, 0.25) is 5.91 Å². The molecule has 0 saturated heterocycles. The maximum Gasteiger partial charge on any atom is 0.222 e. The Morgan fingerprint density at radius 3 is 2.47 bits per heavy atom. The largest absolute Gasteiger partial charge is 0.311 e. The molecular formula is C21H19F2N3O3S. The summed E-state index contributed by atoms with van der Waals surface area (Å²) in [7, 11) is -4.07. The van der Waals surface area contributed by atoms with Crippen LogP contribution in [0.5, 0.6) is 0 Å². The van der Waals surface area contributed by atoms with E-state index in [1.165, 1.54) is 6.92 Å². The summed E-state index contributed by atoms with van der Waals surface area (Å²) in [4.78, 5) is 19.3. The Morgan fingerprint density at radius 2 is 1.80 bits per heavy atom. The van der Waals surface area contributed by atoms with Crippen molar-refractivity contribution in [3.8, 4) is 11.1 Å². The first-order valence-electron chi connectivity index (χ1n) is 8.95. The number of aromatic nitrogens is 2. The fraction of sp³-hybridized carbons (Fsp3) is 0.190. The zero-order chi connectivity index (χ0) is 22.1. The van der Waals surface area contributed by atoms with E-state index in [9.17, 15) is 22.0 Å². The number of halogens is 2. The quantitative estimate of drug-likeness (QED) is 0.618. The van der Waals surface area contributed by atoms with Gasteiger partial charge in [0.05, 0.1) is 5.75 Å². The molecule has 0 aliphatic rings. The highest BCUT2D eigenvalue weighted by atomic mass is 32.2. The first-order valence-corrected chi connectivity index (χ1v) is 10.6. The van der Waals surface area contributed by atoms with E-state index in [1.807, 2.05) is 0 Å². The van der Waals surface area contributed by atoms with E-state index >= 15 is 0 Å². The van der Waals surface area contributed by atoms with Gasteiger partial charge in [-0.2, -0.15) is 0 Å². The SMILES string of the molecule is CC(=O)Nc1cc(-c2cnc(C)c(CS(=O)(=O)c3ccc(F)cc3F)c2)cc(C)n1. The number of nitrogens with one attached hydrogen (secondary N) is 1. The van der Waals surface area contributed by atoms with E-state index in [0.717, 1.165) is 12.1 Å². The van der Waals surface area contributed by atoms with E-state index in [0.29, 0.717) is 40.0 Å². The molecule has 0 atom stereocenters. The summed E-state index contributed by atoms with van der Waals surface area (Å²) in [6, 6.07) is 7.43. The monoisotopic (exact) mass is 431 g/mol. The summed E-state index contributed by atoms with van der Waals surface area (Å²) in [5, 5.41) is 2.61. The van der Waals surface area contributed by atoms with Gasteiger partial charge < -0.3 is 5.32 Å². The smallest absolute Gasteiger partial charge is 0.222 e. The molecule has 3 aromatic rings. The van der Waals surface area contributed by atoms with Gasteiger partial charge in [-0.05, 0) is 55.3 Å². The fourth-order valence-corrected chi connectivity index (χ4v) is 4.46.